The van der Waals surface area contributed by atoms with Crippen LogP contribution < -0.4 is 0 Å². The van der Waals surface area contributed by atoms with Gasteiger partial charge in [-0.2, -0.15) is 0 Å². The molecule has 1 aromatic carbocycles. The molecule has 1 heterocycles. The minimum Gasteiger partial charge on any atom is -0.237 e. The zero-order valence-electron chi connectivity index (χ0n) is 12.4. The molecule has 0 spiro atoms. The van der Waals surface area contributed by atoms with Crippen molar-refractivity contribution in [2.75, 3.05) is 0 Å². The van der Waals surface area contributed by atoms with E-state index in [4.69, 9.17) is 0 Å². The van der Waals surface area contributed by atoms with Gasteiger partial charge in [-0.15, -0.1) is 0 Å². The molecule has 0 radical (unpaired) electrons. The molecule has 2 heteroatoms. The van der Waals surface area contributed by atoms with Gasteiger partial charge in [0, 0.05) is 17.5 Å². The lowest BCUT2D eigenvalue weighted by atomic mass is 10.1. The van der Waals surface area contributed by atoms with Crippen molar-refractivity contribution in [1.29, 1.82) is 0 Å². The molecule has 2 nitrogen and oxygen atoms in total. The Morgan fingerprint density at radius 3 is 1.83 bits per heavy atom. The molecule has 0 aliphatic rings. The summed E-state index contributed by atoms with van der Waals surface area (Å²) in [4.78, 5) is 8.59. The van der Waals surface area contributed by atoms with Crippen LogP contribution in [0.25, 0.3) is 11.4 Å². The zero-order chi connectivity index (χ0) is 14.0. The Morgan fingerprint density at radius 2 is 1.33 bits per heavy atom. The molecule has 0 aliphatic heterocycles. The van der Waals surface area contributed by atoms with Crippen LogP contribution in [-0.2, 0) is 0 Å². The predicted octanol–water partition coefficient (Wildman–Crippen LogP) is 4.81. The monoisotopic (exact) mass is 244 g/mol. The molecule has 0 aliphatic carbocycles. The third-order valence-corrected chi connectivity index (χ3v) is 2.10. The van der Waals surface area contributed by atoms with Crippen molar-refractivity contribution in [3.8, 4) is 11.4 Å². The van der Waals surface area contributed by atoms with Crippen LogP contribution in [0.3, 0.4) is 0 Å². The first-order valence-electron chi connectivity index (χ1n) is 6.62. The zero-order valence-corrected chi connectivity index (χ0v) is 12.4. The van der Waals surface area contributed by atoms with Gasteiger partial charge in [-0.05, 0) is 19.9 Å². The summed E-state index contributed by atoms with van der Waals surface area (Å²) in [5.74, 6) is 0.796. The molecule has 0 saturated heterocycles. The van der Waals surface area contributed by atoms with Gasteiger partial charge in [0.1, 0.15) is 0 Å². The lowest BCUT2D eigenvalue weighted by Crippen LogP contribution is -1.90. The van der Waals surface area contributed by atoms with E-state index in [0.717, 1.165) is 17.1 Å². The molecule has 0 unspecified atom stereocenters. The van der Waals surface area contributed by atoms with Crippen molar-refractivity contribution in [3.05, 3.63) is 47.8 Å². The number of rotatable bonds is 1. The van der Waals surface area contributed by atoms with Crippen LogP contribution in [0.2, 0.25) is 0 Å². The highest BCUT2D eigenvalue weighted by Crippen LogP contribution is 2.14. The Balaban J connectivity index is 0.000000659. The first-order valence-corrected chi connectivity index (χ1v) is 6.62. The Bertz CT molecular complexity index is 433. The average molecular weight is 244 g/mol. The largest absolute Gasteiger partial charge is 0.237 e. The fraction of sp³-hybridized carbons (Fsp3) is 0.375. The summed E-state index contributed by atoms with van der Waals surface area (Å²) in [6.07, 6.45) is 1.79. The Kier molecular flexibility index (Phi) is 8.46. The standard InChI is InChI=1S/C12H12N2.2C2H6/c1-9-3-5-11(6-4-9)12-13-8-7-10(2)14-12;2*1-2/h3-8H,1-2H3;2*1-2H3. The maximum atomic E-state index is 4.36. The van der Waals surface area contributed by atoms with Crippen molar-refractivity contribution < 1.29 is 0 Å². The van der Waals surface area contributed by atoms with Crippen LogP contribution >= 0.6 is 0 Å². The van der Waals surface area contributed by atoms with E-state index in [1.165, 1.54) is 5.56 Å². The van der Waals surface area contributed by atoms with Crippen molar-refractivity contribution >= 4 is 0 Å². The number of aryl methyl sites for hydroxylation is 2. The number of nitrogens with zero attached hydrogens (tertiary/aromatic N) is 2. The van der Waals surface area contributed by atoms with E-state index >= 15 is 0 Å². The SMILES string of the molecule is CC.CC.Cc1ccc(-c2nccc(C)n2)cc1. The Hall–Kier alpha value is -1.70. The summed E-state index contributed by atoms with van der Waals surface area (Å²) < 4.78 is 0. The minimum absolute atomic E-state index is 0.796. The van der Waals surface area contributed by atoms with Crippen molar-refractivity contribution in [1.82, 2.24) is 9.97 Å². The van der Waals surface area contributed by atoms with E-state index in [-0.39, 0.29) is 0 Å². The van der Waals surface area contributed by atoms with Crippen LogP contribution in [0, 0.1) is 13.8 Å². The third kappa shape index (κ3) is 5.09. The molecular weight excluding hydrogens is 220 g/mol. The van der Waals surface area contributed by atoms with Gasteiger partial charge in [0.25, 0.3) is 0 Å². The van der Waals surface area contributed by atoms with Gasteiger partial charge in [-0.1, -0.05) is 57.5 Å². The molecule has 0 saturated carbocycles. The number of benzene rings is 1. The van der Waals surface area contributed by atoms with Crippen molar-refractivity contribution in [2.24, 2.45) is 0 Å². The first kappa shape index (κ1) is 16.3. The van der Waals surface area contributed by atoms with Crippen LogP contribution in [0.1, 0.15) is 39.0 Å². The van der Waals surface area contributed by atoms with Crippen LogP contribution in [-0.4, -0.2) is 9.97 Å². The lowest BCUT2D eigenvalue weighted by Gasteiger charge is -2.00. The summed E-state index contributed by atoms with van der Waals surface area (Å²) in [7, 11) is 0. The smallest absolute Gasteiger partial charge is 0.159 e. The second-order valence-electron chi connectivity index (χ2n) is 3.39. The highest BCUT2D eigenvalue weighted by Gasteiger charge is 1.99. The van der Waals surface area contributed by atoms with E-state index < -0.39 is 0 Å². The Morgan fingerprint density at radius 1 is 0.778 bits per heavy atom. The highest BCUT2D eigenvalue weighted by molar-refractivity contribution is 5.55. The summed E-state index contributed by atoms with van der Waals surface area (Å²) >= 11 is 0. The van der Waals surface area contributed by atoms with Crippen molar-refractivity contribution in [2.45, 2.75) is 41.5 Å². The van der Waals surface area contributed by atoms with E-state index in [1.54, 1.807) is 6.20 Å². The van der Waals surface area contributed by atoms with Crippen LogP contribution in [0.15, 0.2) is 36.5 Å². The van der Waals surface area contributed by atoms with E-state index in [1.807, 2.05) is 52.8 Å². The van der Waals surface area contributed by atoms with Gasteiger partial charge >= 0.3 is 0 Å². The molecular formula is C16H24N2. The molecule has 2 rings (SSSR count). The van der Waals surface area contributed by atoms with Crippen LogP contribution in [0.4, 0.5) is 0 Å². The van der Waals surface area contributed by atoms with Gasteiger partial charge in [0.15, 0.2) is 5.82 Å². The van der Waals surface area contributed by atoms with Gasteiger partial charge < -0.3 is 0 Å². The third-order valence-electron chi connectivity index (χ3n) is 2.10. The maximum Gasteiger partial charge on any atom is 0.159 e. The summed E-state index contributed by atoms with van der Waals surface area (Å²) in [5, 5.41) is 0. The molecule has 0 atom stereocenters. The van der Waals surface area contributed by atoms with Gasteiger partial charge in [-0.25, -0.2) is 9.97 Å². The quantitative estimate of drug-likeness (QED) is 0.719. The molecule has 0 bridgehead atoms. The fourth-order valence-corrected chi connectivity index (χ4v) is 1.29. The summed E-state index contributed by atoms with van der Waals surface area (Å²) in [6.45, 7) is 12.0. The average Bonchev–Trinajstić information content (AvgIpc) is 2.44. The minimum atomic E-state index is 0.796. The van der Waals surface area contributed by atoms with Gasteiger partial charge in [0.05, 0.1) is 0 Å². The molecule has 1 aromatic heterocycles. The number of hydrogen-bond donors (Lipinski definition) is 0. The van der Waals surface area contributed by atoms with Crippen LogP contribution in [0.5, 0.6) is 0 Å². The van der Waals surface area contributed by atoms with Gasteiger partial charge in [0.2, 0.25) is 0 Å². The fourth-order valence-electron chi connectivity index (χ4n) is 1.29. The molecule has 0 fully saturated rings. The lowest BCUT2D eigenvalue weighted by molar-refractivity contribution is 1.11. The Labute approximate surface area is 111 Å². The second kappa shape index (κ2) is 9.34. The molecule has 2 aromatic rings. The maximum absolute atomic E-state index is 4.36. The normalized spacial score (nSPS) is 8.56. The second-order valence-corrected chi connectivity index (χ2v) is 3.39. The molecule has 0 amide bonds. The molecule has 0 N–H and O–H groups in total. The molecule has 98 valence electrons. The number of aromatic nitrogens is 2. The predicted molar refractivity (Wildman–Crippen MR) is 79.6 cm³/mol. The van der Waals surface area contributed by atoms with E-state index in [9.17, 15) is 0 Å². The van der Waals surface area contributed by atoms with E-state index in [0.29, 0.717) is 0 Å². The summed E-state index contributed by atoms with van der Waals surface area (Å²) in [5.41, 5.74) is 3.32. The van der Waals surface area contributed by atoms with Gasteiger partial charge in [-0.3, -0.25) is 0 Å². The molecule has 18 heavy (non-hydrogen) atoms. The highest BCUT2D eigenvalue weighted by atomic mass is 14.9. The topological polar surface area (TPSA) is 25.8 Å². The van der Waals surface area contributed by atoms with E-state index in [2.05, 4.69) is 29.0 Å². The summed E-state index contributed by atoms with van der Waals surface area (Å²) in [6, 6.07) is 10.1. The number of hydrogen-bond acceptors (Lipinski definition) is 2. The van der Waals surface area contributed by atoms with Crippen molar-refractivity contribution in [3.63, 3.8) is 0 Å². The first-order chi connectivity index (χ1) is 8.75.